The summed E-state index contributed by atoms with van der Waals surface area (Å²) in [5, 5.41) is 10.2. The van der Waals surface area contributed by atoms with Crippen LogP contribution in [0.2, 0.25) is 5.02 Å². The van der Waals surface area contributed by atoms with Crippen molar-refractivity contribution in [2.24, 2.45) is 11.6 Å². The van der Waals surface area contributed by atoms with E-state index >= 15 is 0 Å². The van der Waals surface area contributed by atoms with Gasteiger partial charge in [-0.25, -0.2) is 4.79 Å². The lowest BCUT2D eigenvalue weighted by Gasteiger charge is -2.33. The number of carboxylic acid groups (broad SMARTS) is 1. The van der Waals surface area contributed by atoms with Crippen molar-refractivity contribution in [1.82, 2.24) is 5.43 Å². The average molecular weight is 371 g/mol. The van der Waals surface area contributed by atoms with Crippen LogP contribution >= 0.6 is 23.4 Å². The van der Waals surface area contributed by atoms with Gasteiger partial charge < -0.3 is 21.2 Å². The van der Waals surface area contributed by atoms with E-state index in [1.165, 1.54) is 0 Å². The van der Waals surface area contributed by atoms with Crippen LogP contribution in [0.3, 0.4) is 0 Å². The van der Waals surface area contributed by atoms with Crippen LogP contribution in [0.4, 0.5) is 5.69 Å². The van der Waals surface area contributed by atoms with Crippen LogP contribution in [-0.2, 0) is 4.79 Å². The second-order valence-corrected chi connectivity index (χ2v) is 7.56. The number of aliphatic carboxylic acids is 1. The average Bonchev–Trinajstić information content (AvgIpc) is 2.53. The van der Waals surface area contributed by atoms with E-state index in [2.05, 4.69) is 16.4 Å². The van der Waals surface area contributed by atoms with E-state index < -0.39 is 5.97 Å². The minimum absolute atomic E-state index is 0.130. The topological polar surface area (TPSA) is 105 Å². The van der Waals surface area contributed by atoms with Crippen LogP contribution in [-0.4, -0.2) is 35.2 Å². The molecule has 2 rings (SSSR count). The number of nitrogens with two attached hydrogens (primary N) is 2. The van der Waals surface area contributed by atoms with E-state index in [0.29, 0.717) is 11.0 Å². The number of piperidine rings is 1. The first-order valence-corrected chi connectivity index (χ1v) is 9.15. The molecule has 0 amide bonds. The van der Waals surface area contributed by atoms with Gasteiger partial charge in [0.2, 0.25) is 0 Å². The molecule has 0 spiro atoms. The molecule has 0 bridgehead atoms. The number of anilines is 1. The van der Waals surface area contributed by atoms with E-state index in [1.807, 2.05) is 19.1 Å². The number of hydrogen-bond donors (Lipinski definition) is 4. The van der Waals surface area contributed by atoms with E-state index in [-0.39, 0.29) is 11.4 Å². The molecular formula is C16H23ClN4O2S. The number of rotatable bonds is 6. The Morgan fingerprint density at radius 3 is 2.62 bits per heavy atom. The molecule has 0 aliphatic carbocycles. The number of aryl methyl sites for hydroxylation is 1. The molecule has 1 heterocycles. The van der Waals surface area contributed by atoms with Crippen molar-refractivity contribution in [2.75, 3.05) is 23.7 Å². The molecule has 6 N–H and O–H groups in total. The third kappa shape index (κ3) is 4.96. The van der Waals surface area contributed by atoms with Gasteiger partial charge in [0.15, 0.2) is 5.70 Å². The number of halogens is 1. The van der Waals surface area contributed by atoms with Gasteiger partial charge in [-0.1, -0.05) is 11.6 Å². The van der Waals surface area contributed by atoms with Gasteiger partial charge in [-0.2, -0.15) is 11.8 Å². The fraction of sp³-hybridized carbons (Fsp3) is 0.438. The summed E-state index contributed by atoms with van der Waals surface area (Å²) in [6, 6.07) is 6.09. The number of carbonyl (C=O) groups is 1. The van der Waals surface area contributed by atoms with E-state index in [0.717, 1.165) is 42.2 Å². The molecule has 1 aliphatic rings. The van der Waals surface area contributed by atoms with Gasteiger partial charge in [0.1, 0.15) is 0 Å². The maximum Gasteiger partial charge on any atom is 0.355 e. The zero-order valence-electron chi connectivity index (χ0n) is 13.6. The number of thioether (sulfide) groups is 1. The molecule has 0 saturated carbocycles. The second-order valence-electron chi connectivity index (χ2n) is 5.83. The highest BCUT2D eigenvalue weighted by molar-refractivity contribution is 8.00. The van der Waals surface area contributed by atoms with Crippen LogP contribution in [0.15, 0.2) is 29.6 Å². The quantitative estimate of drug-likeness (QED) is 0.345. The lowest BCUT2D eigenvalue weighted by atomic mass is 10.1. The van der Waals surface area contributed by atoms with Gasteiger partial charge in [0.25, 0.3) is 0 Å². The van der Waals surface area contributed by atoms with Gasteiger partial charge >= 0.3 is 5.97 Å². The first-order valence-electron chi connectivity index (χ1n) is 7.73. The summed E-state index contributed by atoms with van der Waals surface area (Å²) >= 11 is 7.81. The third-order valence-electron chi connectivity index (χ3n) is 3.99. The Labute approximate surface area is 151 Å². The number of nitrogens with zero attached hydrogens (tertiary/aromatic N) is 1. The van der Waals surface area contributed by atoms with Crippen molar-refractivity contribution in [2.45, 2.75) is 25.0 Å². The van der Waals surface area contributed by atoms with Crippen LogP contribution < -0.4 is 21.9 Å². The number of carboxylic acids is 1. The minimum Gasteiger partial charge on any atom is -0.476 e. The third-order valence-corrected chi connectivity index (χ3v) is 5.63. The van der Waals surface area contributed by atoms with Crippen molar-refractivity contribution in [3.05, 3.63) is 40.2 Å². The summed E-state index contributed by atoms with van der Waals surface area (Å²) in [6.07, 6.45) is 2.03. The number of benzene rings is 1. The SMILES string of the molecule is Cc1cc(Cl)cc(N2CCC(SC/C(N)=C(/NN)C(=O)O)CC2)c1. The zero-order valence-corrected chi connectivity index (χ0v) is 15.2. The smallest absolute Gasteiger partial charge is 0.355 e. The van der Waals surface area contributed by atoms with Crippen LogP contribution in [0.25, 0.3) is 0 Å². The molecule has 1 aliphatic heterocycles. The van der Waals surface area contributed by atoms with Crippen LogP contribution in [0, 0.1) is 6.92 Å². The Morgan fingerprint density at radius 1 is 1.42 bits per heavy atom. The molecule has 132 valence electrons. The van der Waals surface area contributed by atoms with Gasteiger partial charge in [-0.05, 0) is 43.5 Å². The number of hydrogen-bond acceptors (Lipinski definition) is 6. The van der Waals surface area contributed by atoms with Gasteiger partial charge in [0, 0.05) is 34.8 Å². The largest absolute Gasteiger partial charge is 0.476 e. The Kier molecular flexibility index (Phi) is 6.65. The molecule has 0 unspecified atom stereocenters. The molecule has 8 heteroatoms. The lowest BCUT2D eigenvalue weighted by Crippen LogP contribution is -2.35. The Bertz CT molecular complexity index is 610. The van der Waals surface area contributed by atoms with Crippen LogP contribution in [0.1, 0.15) is 18.4 Å². The van der Waals surface area contributed by atoms with Crippen molar-refractivity contribution in [1.29, 1.82) is 0 Å². The predicted octanol–water partition coefficient (Wildman–Crippen LogP) is 2.07. The van der Waals surface area contributed by atoms with Gasteiger partial charge in [0.05, 0.1) is 5.70 Å². The molecule has 6 nitrogen and oxygen atoms in total. The first kappa shape index (κ1) is 18.8. The van der Waals surface area contributed by atoms with Crippen LogP contribution in [0.5, 0.6) is 0 Å². The summed E-state index contributed by atoms with van der Waals surface area (Å²) in [7, 11) is 0. The van der Waals surface area contributed by atoms with Crippen molar-refractivity contribution >= 4 is 35.0 Å². The van der Waals surface area contributed by atoms with Crippen molar-refractivity contribution in [3.8, 4) is 0 Å². The molecule has 1 saturated heterocycles. The summed E-state index contributed by atoms with van der Waals surface area (Å²) in [4.78, 5) is 13.3. The van der Waals surface area contributed by atoms with Crippen molar-refractivity contribution < 1.29 is 9.90 Å². The summed E-state index contributed by atoms with van der Waals surface area (Å²) in [6.45, 7) is 3.93. The highest BCUT2D eigenvalue weighted by Gasteiger charge is 2.21. The highest BCUT2D eigenvalue weighted by atomic mass is 35.5. The Morgan fingerprint density at radius 2 is 2.08 bits per heavy atom. The molecular weight excluding hydrogens is 348 g/mol. The fourth-order valence-corrected chi connectivity index (χ4v) is 4.14. The summed E-state index contributed by atoms with van der Waals surface area (Å²) < 4.78 is 0. The molecule has 0 aromatic heterocycles. The normalized spacial score (nSPS) is 16.7. The van der Waals surface area contributed by atoms with Gasteiger partial charge in [-0.15, -0.1) is 0 Å². The molecule has 1 aromatic rings. The molecule has 0 atom stereocenters. The maximum absolute atomic E-state index is 11.0. The van der Waals surface area contributed by atoms with Crippen molar-refractivity contribution in [3.63, 3.8) is 0 Å². The fourth-order valence-electron chi connectivity index (χ4n) is 2.75. The summed E-state index contributed by atoms with van der Waals surface area (Å²) in [5.74, 6) is 4.51. The molecule has 1 fully saturated rings. The summed E-state index contributed by atoms with van der Waals surface area (Å²) in [5.41, 5.74) is 10.4. The number of hydrazine groups is 1. The van der Waals surface area contributed by atoms with E-state index in [4.69, 9.17) is 28.3 Å². The molecule has 1 aromatic carbocycles. The minimum atomic E-state index is -1.14. The Balaban J connectivity index is 1.88. The standard InChI is InChI=1S/C16H23ClN4O2S/c1-10-6-11(17)8-12(7-10)21-4-2-13(3-5-21)24-9-14(18)15(20-19)16(22)23/h6-8,13,20H,2-5,9,18-19H2,1H3,(H,22,23)/b15-14-. The lowest BCUT2D eigenvalue weighted by molar-refractivity contribution is -0.133. The monoisotopic (exact) mass is 370 g/mol. The van der Waals surface area contributed by atoms with Gasteiger partial charge in [-0.3, -0.25) is 5.84 Å². The highest BCUT2D eigenvalue weighted by Crippen LogP contribution is 2.29. The maximum atomic E-state index is 11.0. The second kappa shape index (κ2) is 8.50. The molecule has 0 radical (unpaired) electrons. The molecule has 24 heavy (non-hydrogen) atoms. The number of nitrogens with one attached hydrogen (secondary N) is 1. The predicted molar refractivity (Wildman–Crippen MR) is 100 cm³/mol. The van der Waals surface area contributed by atoms with E-state index in [9.17, 15) is 4.79 Å². The Hall–Kier alpha value is -1.57. The zero-order chi connectivity index (χ0) is 17.7. The first-order chi connectivity index (χ1) is 11.4. The van der Waals surface area contributed by atoms with E-state index in [1.54, 1.807) is 11.8 Å².